The van der Waals surface area contributed by atoms with Gasteiger partial charge in [-0.25, -0.2) is 4.79 Å². The van der Waals surface area contributed by atoms with E-state index in [-0.39, 0.29) is 37.6 Å². The average molecular weight is 458 g/mol. The summed E-state index contributed by atoms with van der Waals surface area (Å²) in [5, 5.41) is 8.27. The number of benzene rings is 1. The predicted octanol–water partition coefficient (Wildman–Crippen LogP) is 2.40. The van der Waals surface area contributed by atoms with Crippen molar-refractivity contribution in [2.45, 2.75) is 32.2 Å². The summed E-state index contributed by atoms with van der Waals surface area (Å²) in [7, 11) is 0. The number of imide groups is 1. The number of nitrogens with one attached hydrogen (secondary N) is 3. The number of carbonyl (C=O) groups excluding carboxylic acids is 4. The van der Waals surface area contributed by atoms with Crippen molar-refractivity contribution in [3.05, 3.63) is 53.1 Å². The molecule has 0 radical (unpaired) electrons. The third kappa shape index (κ3) is 6.27. The van der Waals surface area contributed by atoms with E-state index >= 15 is 0 Å². The number of carbonyl (C=O) groups is 4. The van der Waals surface area contributed by atoms with Gasteiger partial charge in [0.2, 0.25) is 17.7 Å². The van der Waals surface area contributed by atoms with Crippen molar-refractivity contribution in [3.63, 3.8) is 0 Å². The van der Waals surface area contributed by atoms with Crippen molar-refractivity contribution >= 4 is 46.9 Å². The maximum atomic E-state index is 13.1. The van der Waals surface area contributed by atoms with Crippen LogP contribution >= 0.6 is 11.6 Å². The summed E-state index contributed by atoms with van der Waals surface area (Å²) in [6, 6.07) is 5.46. The second-order valence-electron chi connectivity index (χ2n) is 7.36. The molecule has 2 heterocycles. The van der Waals surface area contributed by atoms with Crippen molar-refractivity contribution < 1.29 is 19.2 Å². The lowest BCUT2D eigenvalue weighted by atomic mass is 10.0. The van der Waals surface area contributed by atoms with Gasteiger partial charge in [0, 0.05) is 23.7 Å². The van der Waals surface area contributed by atoms with Gasteiger partial charge in [-0.15, -0.1) is 0 Å². The largest absolute Gasteiger partial charge is 0.334 e. The van der Waals surface area contributed by atoms with Crippen LogP contribution < -0.4 is 16.0 Å². The summed E-state index contributed by atoms with van der Waals surface area (Å²) in [6.07, 6.45) is 5.72. The van der Waals surface area contributed by atoms with Crippen molar-refractivity contribution in [1.82, 2.24) is 15.5 Å². The minimum Gasteiger partial charge on any atom is -0.334 e. The number of halogens is 1. The molecule has 0 bridgehead atoms. The van der Waals surface area contributed by atoms with Gasteiger partial charge in [-0.3, -0.25) is 29.6 Å². The standard InChI is InChI=1S/C22H24ClN5O4/c1-14-24-11-3-2-4-15(13-25-22(32)26-17-7-5-16(23)6-8-17)12-20(30)28(14)18-9-10-19(29)27-21(18)31/h2-8,18H,9-13H2,1H3,(H2,25,26,32)(H,27,29,31)/b3-2-,15-4+,24-14?. The van der Waals surface area contributed by atoms with Gasteiger partial charge in [-0.2, -0.15) is 0 Å². The van der Waals surface area contributed by atoms with Crippen molar-refractivity contribution in [3.8, 4) is 0 Å². The van der Waals surface area contributed by atoms with Crippen LogP contribution in [0.3, 0.4) is 0 Å². The zero-order chi connectivity index (χ0) is 23.1. The maximum absolute atomic E-state index is 13.1. The highest BCUT2D eigenvalue weighted by Crippen LogP contribution is 2.18. The Labute approximate surface area is 190 Å². The number of amides is 5. The Morgan fingerprint density at radius 3 is 2.72 bits per heavy atom. The summed E-state index contributed by atoms with van der Waals surface area (Å²) in [5.41, 5.74) is 1.24. The highest BCUT2D eigenvalue weighted by molar-refractivity contribution is 6.30. The number of aliphatic imine (C=N–C) groups is 1. The first-order chi connectivity index (χ1) is 15.3. The van der Waals surface area contributed by atoms with E-state index in [0.717, 1.165) is 0 Å². The molecule has 2 aliphatic rings. The first kappa shape index (κ1) is 23.2. The highest BCUT2D eigenvalue weighted by Gasteiger charge is 2.36. The number of piperidine rings is 1. The average Bonchev–Trinajstić information content (AvgIpc) is 2.74. The van der Waals surface area contributed by atoms with Gasteiger partial charge in [0.15, 0.2) is 0 Å². The van der Waals surface area contributed by atoms with Crippen molar-refractivity contribution in [1.29, 1.82) is 0 Å². The lowest BCUT2D eigenvalue weighted by Gasteiger charge is -2.33. The molecule has 3 N–H and O–H groups in total. The molecule has 1 saturated heterocycles. The van der Waals surface area contributed by atoms with Gasteiger partial charge >= 0.3 is 6.03 Å². The molecule has 1 fully saturated rings. The Hall–Kier alpha value is -3.46. The number of anilines is 1. The molecule has 3 rings (SSSR count). The lowest BCUT2D eigenvalue weighted by molar-refractivity contribution is -0.142. The van der Waals surface area contributed by atoms with E-state index in [0.29, 0.717) is 28.7 Å². The van der Waals surface area contributed by atoms with Crippen LogP contribution in [0.2, 0.25) is 5.02 Å². The maximum Gasteiger partial charge on any atom is 0.319 e. The molecule has 1 aromatic rings. The molecule has 10 heteroatoms. The first-order valence-corrected chi connectivity index (χ1v) is 10.5. The fourth-order valence-corrected chi connectivity index (χ4v) is 3.52. The number of urea groups is 1. The summed E-state index contributed by atoms with van der Waals surface area (Å²) in [5.74, 6) is -0.789. The van der Waals surface area contributed by atoms with E-state index in [1.54, 1.807) is 43.3 Å². The Kier molecular flexibility index (Phi) is 7.77. The van der Waals surface area contributed by atoms with Crippen molar-refractivity contribution in [2.75, 3.05) is 18.4 Å². The van der Waals surface area contributed by atoms with Gasteiger partial charge in [-0.05, 0) is 43.2 Å². The van der Waals surface area contributed by atoms with E-state index in [4.69, 9.17) is 11.6 Å². The van der Waals surface area contributed by atoms with Crippen LogP contribution in [0.4, 0.5) is 10.5 Å². The highest BCUT2D eigenvalue weighted by atomic mass is 35.5. The first-order valence-electron chi connectivity index (χ1n) is 10.2. The Morgan fingerprint density at radius 1 is 1.25 bits per heavy atom. The van der Waals surface area contributed by atoms with Crippen LogP contribution in [0.15, 0.2) is 53.1 Å². The molecular formula is C22H24ClN5O4. The van der Waals surface area contributed by atoms with Gasteiger partial charge in [0.25, 0.3) is 0 Å². The molecule has 2 aliphatic heterocycles. The zero-order valence-electron chi connectivity index (χ0n) is 17.6. The molecule has 0 aromatic heterocycles. The Bertz CT molecular complexity index is 1000. The van der Waals surface area contributed by atoms with Crippen LogP contribution in [0.5, 0.6) is 0 Å². The normalized spacial score (nSPS) is 22.2. The fourth-order valence-electron chi connectivity index (χ4n) is 3.40. The molecular weight excluding hydrogens is 434 g/mol. The third-order valence-electron chi connectivity index (χ3n) is 4.99. The minimum absolute atomic E-state index is 0.0177. The van der Waals surface area contributed by atoms with Crippen LogP contribution in [0, 0.1) is 0 Å². The summed E-state index contributed by atoms with van der Waals surface area (Å²) in [4.78, 5) is 54.9. The van der Waals surface area contributed by atoms with Gasteiger partial charge in [0.1, 0.15) is 11.9 Å². The number of nitrogens with zero attached hydrogens (tertiary/aromatic N) is 2. The van der Waals surface area contributed by atoms with Gasteiger partial charge < -0.3 is 10.6 Å². The Morgan fingerprint density at radius 2 is 2.00 bits per heavy atom. The molecule has 9 nitrogen and oxygen atoms in total. The second-order valence-corrected chi connectivity index (χ2v) is 7.80. The zero-order valence-corrected chi connectivity index (χ0v) is 18.3. The summed E-state index contributed by atoms with van der Waals surface area (Å²) < 4.78 is 0. The molecule has 32 heavy (non-hydrogen) atoms. The minimum atomic E-state index is -0.797. The molecule has 1 atom stereocenters. The van der Waals surface area contributed by atoms with Gasteiger partial charge in [0.05, 0.1) is 13.0 Å². The Balaban J connectivity index is 1.68. The van der Waals surface area contributed by atoms with E-state index in [1.165, 1.54) is 4.90 Å². The molecule has 0 spiro atoms. The quantitative estimate of drug-likeness (QED) is 0.601. The number of hydrogen-bond acceptors (Lipinski definition) is 5. The van der Waals surface area contributed by atoms with Crippen LogP contribution in [-0.2, 0) is 14.4 Å². The lowest BCUT2D eigenvalue weighted by Crippen LogP contribution is -2.56. The van der Waals surface area contributed by atoms with E-state index in [9.17, 15) is 19.2 Å². The number of amidine groups is 1. The van der Waals surface area contributed by atoms with E-state index in [1.807, 2.05) is 6.08 Å². The summed E-state index contributed by atoms with van der Waals surface area (Å²) >= 11 is 5.84. The fraction of sp³-hybridized carbons (Fsp3) is 0.318. The molecule has 168 valence electrons. The third-order valence-corrected chi connectivity index (χ3v) is 5.24. The van der Waals surface area contributed by atoms with Crippen molar-refractivity contribution in [2.24, 2.45) is 4.99 Å². The molecule has 1 aromatic carbocycles. The second kappa shape index (κ2) is 10.7. The van der Waals surface area contributed by atoms with Gasteiger partial charge in [-0.1, -0.05) is 29.8 Å². The smallest absolute Gasteiger partial charge is 0.319 e. The van der Waals surface area contributed by atoms with Crippen LogP contribution in [0.1, 0.15) is 26.2 Å². The molecule has 0 aliphatic carbocycles. The van der Waals surface area contributed by atoms with Crippen LogP contribution in [0.25, 0.3) is 0 Å². The van der Waals surface area contributed by atoms with E-state index in [2.05, 4.69) is 20.9 Å². The molecule has 5 amide bonds. The number of rotatable bonds is 4. The predicted molar refractivity (Wildman–Crippen MR) is 121 cm³/mol. The molecule has 0 saturated carbocycles. The van der Waals surface area contributed by atoms with Crippen LogP contribution in [-0.4, -0.2) is 53.6 Å². The topological polar surface area (TPSA) is 120 Å². The summed E-state index contributed by atoms with van der Waals surface area (Å²) in [6.45, 7) is 2.13. The number of hydrogen-bond donors (Lipinski definition) is 3. The molecule has 1 unspecified atom stereocenters. The SMILES string of the molecule is CC1=NC/C=C\C=C(\CNC(=O)Nc2ccc(Cl)cc2)CC(=O)N1C1CCC(=O)NC1=O. The van der Waals surface area contributed by atoms with E-state index < -0.39 is 18.0 Å². The monoisotopic (exact) mass is 457 g/mol. The number of allylic oxidation sites excluding steroid dienone is 2.